The molecule has 1 saturated carbocycles. The fourth-order valence-electron chi connectivity index (χ4n) is 3.65. The van der Waals surface area contributed by atoms with E-state index in [0.29, 0.717) is 12.8 Å². The highest BCUT2D eigenvalue weighted by atomic mass is 16.6. The van der Waals surface area contributed by atoms with Crippen LogP contribution in [0.5, 0.6) is 0 Å². The van der Waals surface area contributed by atoms with Gasteiger partial charge < -0.3 is 14.5 Å². The van der Waals surface area contributed by atoms with Gasteiger partial charge in [-0.3, -0.25) is 9.59 Å². The van der Waals surface area contributed by atoms with Crippen LogP contribution in [0.15, 0.2) is 30.3 Å². The second-order valence-electron chi connectivity index (χ2n) is 6.08. The Morgan fingerprint density at radius 1 is 1.26 bits per heavy atom. The van der Waals surface area contributed by atoms with Gasteiger partial charge in [-0.1, -0.05) is 24.6 Å². The van der Waals surface area contributed by atoms with Crippen molar-refractivity contribution in [1.82, 2.24) is 4.98 Å². The Bertz CT molecular complexity index is 702. The Morgan fingerprint density at radius 2 is 2.04 bits per heavy atom. The fourth-order valence-corrected chi connectivity index (χ4v) is 3.65. The molecule has 2 aromatic rings. The molecular weight excluding hydrogens is 294 g/mol. The number of esters is 2. The van der Waals surface area contributed by atoms with Crippen molar-refractivity contribution in [3.8, 4) is 0 Å². The number of methoxy groups -OCH3 is 1. The van der Waals surface area contributed by atoms with Crippen LogP contribution in [-0.2, 0) is 24.5 Å². The van der Waals surface area contributed by atoms with Crippen molar-refractivity contribution in [3.05, 3.63) is 36.0 Å². The van der Waals surface area contributed by atoms with Gasteiger partial charge in [0.1, 0.15) is 11.5 Å². The molecule has 2 atom stereocenters. The Balaban J connectivity index is 2.14. The molecule has 3 rings (SSSR count). The summed E-state index contributed by atoms with van der Waals surface area (Å²) in [5.74, 6) is -0.726. The number of carbonyl (C=O) groups is 2. The number of carbonyl (C=O) groups excluding carboxylic acids is 2. The molecule has 0 radical (unpaired) electrons. The highest BCUT2D eigenvalue weighted by molar-refractivity contribution is 5.88. The van der Waals surface area contributed by atoms with Gasteiger partial charge in [-0.15, -0.1) is 0 Å². The van der Waals surface area contributed by atoms with Gasteiger partial charge in [0.05, 0.1) is 7.11 Å². The summed E-state index contributed by atoms with van der Waals surface area (Å²) in [6.07, 6.45) is 2.57. The van der Waals surface area contributed by atoms with E-state index in [4.69, 9.17) is 9.47 Å². The fraction of sp³-hybridized carbons (Fsp3) is 0.444. The van der Waals surface area contributed by atoms with Crippen molar-refractivity contribution >= 4 is 22.8 Å². The van der Waals surface area contributed by atoms with E-state index in [2.05, 4.69) is 4.98 Å². The van der Waals surface area contributed by atoms with Crippen LogP contribution in [0, 0.1) is 0 Å². The van der Waals surface area contributed by atoms with Crippen molar-refractivity contribution in [1.29, 1.82) is 0 Å². The zero-order chi connectivity index (χ0) is 16.4. The molecule has 0 spiro atoms. The quantitative estimate of drug-likeness (QED) is 0.884. The smallest absolute Gasteiger partial charge is 0.321 e. The molecule has 1 heterocycles. The molecule has 1 fully saturated rings. The summed E-state index contributed by atoms with van der Waals surface area (Å²) in [5.41, 5.74) is 0.756. The third-order valence-corrected chi connectivity index (χ3v) is 4.71. The van der Waals surface area contributed by atoms with Gasteiger partial charge >= 0.3 is 11.9 Å². The van der Waals surface area contributed by atoms with Crippen LogP contribution in [-0.4, -0.2) is 30.1 Å². The van der Waals surface area contributed by atoms with Crippen LogP contribution >= 0.6 is 0 Å². The van der Waals surface area contributed by atoms with Crippen LogP contribution in [0.3, 0.4) is 0 Å². The number of ether oxygens (including phenoxy) is 2. The Morgan fingerprint density at radius 3 is 2.74 bits per heavy atom. The number of hydrogen-bond donors (Lipinski definition) is 1. The number of nitrogens with one attached hydrogen (secondary N) is 1. The average molecular weight is 315 g/mol. The van der Waals surface area contributed by atoms with E-state index in [1.54, 1.807) is 0 Å². The van der Waals surface area contributed by atoms with E-state index in [0.717, 1.165) is 29.4 Å². The van der Waals surface area contributed by atoms with E-state index in [-0.39, 0.29) is 11.9 Å². The zero-order valence-electron chi connectivity index (χ0n) is 13.4. The molecule has 0 unspecified atom stereocenters. The molecule has 0 saturated heterocycles. The number of rotatable bonds is 3. The number of aromatic amines is 1. The highest BCUT2D eigenvalue weighted by Gasteiger charge is 2.52. The average Bonchev–Trinajstić information content (AvgIpc) is 2.98. The lowest BCUT2D eigenvalue weighted by Gasteiger charge is -2.40. The SMILES string of the molecule is COC(=O)[C@]1(c2cc3ccccc3[nH]2)CCCC[C@@H]1OC(C)=O. The molecule has 1 aromatic carbocycles. The number of hydrogen-bond acceptors (Lipinski definition) is 4. The van der Waals surface area contributed by atoms with Gasteiger partial charge in [-0.25, -0.2) is 0 Å². The Kier molecular flexibility index (Phi) is 4.11. The summed E-state index contributed by atoms with van der Waals surface area (Å²) in [4.78, 5) is 27.6. The molecular formula is C18H21NO4. The maximum Gasteiger partial charge on any atom is 0.321 e. The van der Waals surface area contributed by atoms with Crippen molar-refractivity contribution in [2.45, 2.75) is 44.1 Å². The van der Waals surface area contributed by atoms with Crippen LogP contribution in [0.4, 0.5) is 0 Å². The molecule has 5 heteroatoms. The minimum Gasteiger partial charge on any atom is -0.468 e. The third kappa shape index (κ3) is 2.60. The lowest BCUT2D eigenvalue weighted by Crippen LogP contribution is -2.51. The summed E-state index contributed by atoms with van der Waals surface area (Å²) in [6, 6.07) is 9.82. The molecule has 0 aliphatic heterocycles. The first-order valence-corrected chi connectivity index (χ1v) is 7.92. The summed E-state index contributed by atoms with van der Waals surface area (Å²) >= 11 is 0. The lowest BCUT2D eigenvalue weighted by molar-refractivity contribution is -0.165. The van der Waals surface area contributed by atoms with Gasteiger partial charge in [0, 0.05) is 18.1 Å². The summed E-state index contributed by atoms with van der Waals surface area (Å²) < 4.78 is 10.6. The molecule has 1 N–H and O–H groups in total. The van der Waals surface area contributed by atoms with E-state index < -0.39 is 11.5 Å². The molecule has 0 bridgehead atoms. The van der Waals surface area contributed by atoms with Crippen molar-refractivity contribution in [3.63, 3.8) is 0 Å². The first-order chi connectivity index (χ1) is 11.1. The Hall–Kier alpha value is -2.30. The second kappa shape index (κ2) is 6.07. The number of H-pyrrole nitrogens is 1. The zero-order valence-corrected chi connectivity index (χ0v) is 13.4. The van der Waals surface area contributed by atoms with E-state index >= 15 is 0 Å². The van der Waals surface area contributed by atoms with Crippen LogP contribution in [0.25, 0.3) is 10.9 Å². The normalized spacial score (nSPS) is 24.3. The van der Waals surface area contributed by atoms with E-state index in [1.807, 2.05) is 30.3 Å². The molecule has 1 aromatic heterocycles. The van der Waals surface area contributed by atoms with Crippen LogP contribution in [0.1, 0.15) is 38.3 Å². The monoisotopic (exact) mass is 315 g/mol. The largest absolute Gasteiger partial charge is 0.468 e. The van der Waals surface area contributed by atoms with Gasteiger partial charge in [0.2, 0.25) is 0 Å². The van der Waals surface area contributed by atoms with E-state index in [1.165, 1.54) is 14.0 Å². The molecule has 1 aliphatic rings. The minimum absolute atomic E-state index is 0.352. The lowest BCUT2D eigenvalue weighted by atomic mass is 9.69. The number of fused-ring (bicyclic) bond motifs is 1. The first-order valence-electron chi connectivity index (χ1n) is 7.92. The Labute approximate surface area is 135 Å². The molecule has 0 amide bonds. The molecule has 23 heavy (non-hydrogen) atoms. The van der Waals surface area contributed by atoms with Crippen molar-refractivity contribution < 1.29 is 19.1 Å². The van der Waals surface area contributed by atoms with E-state index in [9.17, 15) is 9.59 Å². The van der Waals surface area contributed by atoms with Crippen LogP contribution in [0.2, 0.25) is 0 Å². The first kappa shape index (κ1) is 15.6. The van der Waals surface area contributed by atoms with Crippen molar-refractivity contribution in [2.24, 2.45) is 0 Å². The number of aromatic nitrogens is 1. The predicted molar refractivity (Wildman–Crippen MR) is 86.0 cm³/mol. The summed E-state index contributed by atoms with van der Waals surface area (Å²) in [7, 11) is 1.38. The standard InChI is InChI=1S/C18H21NO4/c1-12(20)23-16-9-5-6-10-18(16,17(21)22-2)15-11-13-7-3-4-8-14(13)19-15/h3-4,7-8,11,16,19H,5-6,9-10H2,1-2H3/t16-,18-/m0/s1. The van der Waals surface area contributed by atoms with Gasteiger partial charge in [0.25, 0.3) is 0 Å². The predicted octanol–water partition coefficient (Wildman–Crippen LogP) is 3.08. The van der Waals surface area contributed by atoms with Gasteiger partial charge in [-0.05, 0) is 36.8 Å². The second-order valence-corrected chi connectivity index (χ2v) is 6.08. The third-order valence-electron chi connectivity index (χ3n) is 4.71. The van der Waals surface area contributed by atoms with Crippen LogP contribution < -0.4 is 0 Å². The maximum atomic E-state index is 12.7. The topological polar surface area (TPSA) is 68.4 Å². The molecule has 1 aliphatic carbocycles. The molecule has 122 valence electrons. The van der Waals surface area contributed by atoms with Crippen molar-refractivity contribution in [2.75, 3.05) is 7.11 Å². The summed E-state index contributed by atoms with van der Waals surface area (Å²) in [5, 5.41) is 1.03. The maximum absolute atomic E-state index is 12.7. The van der Waals surface area contributed by atoms with Gasteiger partial charge in [-0.2, -0.15) is 0 Å². The van der Waals surface area contributed by atoms with Gasteiger partial charge in [0.15, 0.2) is 0 Å². The highest BCUT2D eigenvalue weighted by Crippen LogP contribution is 2.43. The number of para-hydroxylation sites is 1. The minimum atomic E-state index is -0.961. The number of benzene rings is 1. The summed E-state index contributed by atoms with van der Waals surface area (Å²) in [6.45, 7) is 1.38. The molecule has 5 nitrogen and oxygen atoms in total.